The van der Waals surface area contributed by atoms with Gasteiger partial charge in [-0.1, -0.05) is 23.7 Å². The summed E-state index contributed by atoms with van der Waals surface area (Å²) in [6.07, 6.45) is 4.79. The molecule has 2 aliphatic rings. The van der Waals surface area contributed by atoms with E-state index >= 15 is 0 Å². The summed E-state index contributed by atoms with van der Waals surface area (Å²) in [4.78, 5) is 2.49. The molecule has 2 atom stereocenters. The highest BCUT2D eigenvalue weighted by molar-refractivity contribution is 7.98. The number of nitrogens with zero attached hydrogens (tertiary/aromatic N) is 3. The van der Waals surface area contributed by atoms with Gasteiger partial charge in [-0.05, 0) is 62.8 Å². The van der Waals surface area contributed by atoms with Crippen LogP contribution in [0.3, 0.4) is 0 Å². The zero-order valence-corrected chi connectivity index (χ0v) is 21.1. The summed E-state index contributed by atoms with van der Waals surface area (Å²) in [5.41, 5.74) is -0.775. The summed E-state index contributed by atoms with van der Waals surface area (Å²) in [5.74, 6) is 0.465. The molecule has 4 rings (SSSR count). The van der Waals surface area contributed by atoms with E-state index in [0.717, 1.165) is 32.1 Å². The summed E-state index contributed by atoms with van der Waals surface area (Å²) in [6.45, 7) is 3.37. The zero-order chi connectivity index (χ0) is 24.3. The number of halogens is 4. The maximum atomic E-state index is 12.5. The molecule has 34 heavy (non-hydrogen) atoms. The Bertz CT molecular complexity index is 912. The Morgan fingerprint density at radius 3 is 2.50 bits per heavy atom. The number of aryl methyl sites for hydroxylation is 2. The van der Waals surface area contributed by atoms with Crippen molar-refractivity contribution in [2.24, 2.45) is 7.05 Å². The molecule has 188 valence electrons. The molecule has 5 nitrogen and oxygen atoms in total. The van der Waals surface area contributed by atoms with Crippen LogP contribution in [0, 0.1) is 6.92 Å². The third kappa shape index (κ3) is 6.91. The summed E-state index contributed by atoms with van der Waals surface area (Å²) in [6, 6.07) is 10.6. The summed E-state index contributed by atoms with van der Waals surface area (Å²) in [5, 5.41) is 5.39. The number of alkyl halides is 3. The van der Waals surface area contributed by atoms with Gasteiger partial charge in [0.25, 0.3) is 0 Å². The van der Waals surface area contributed by atoms with Gasteiger partial charge in [0.2, 0.25) is 0 Å². The van der Waals surface area contributed by atoms with E-state index in [0.29, 0.717) is 30.1 Å². The second kappa shape index (κ2) is 11.2. The number of benzene rings is 1. The SMILES string of the molecule is Cc1cc(C2CCC(N3CC(CNSC(F)(F)F)OCC3Cc3ccc(Cl)cc3)CC2)nn1C. The van der Waals surface area contributed by atoms with E-state index in [-0.39, 0.29) is 30.6 Å². The molecule has 1 aromatic heterocycles. The predicted molar refractivity (Wildman–Crippen MR) is 130 cm³/mol. The zero-order valence-electron chi connectivity index (χ0n) is 19.5. The van der Waals surface area contributed by atoms with Crippen LogP contribution < -0.4 is 4.72 Å². The Labute approximate surface area is 208 Å². The van der Waals surface area contributed by atoms with E-state index in [1.165, 1.54) is 17.0 Å². The first-order valence-electron chi connectivity index (χ1n) is 11.8. The van der Waals surface area contributed by atoms with Gasteiger partial charge < -0.3 is 4.74 Å². The summed E-state index contributed by atoms with van der Waals surface area (Å²) < 4.78 is 48.0. The molecule has 0 amide bonds. The van der Waals surface area contributed by atoms with Crippen LogP contribution in [0.1, 0.15) is 48.6 Å². The topological polar surface area (TPSA) is 42.3 Å². The highest BCUT2D eigenvalue weighted by Crippen LogP contribution is 2.36. The average molecular weight is 517 g/mol. The number of nitrogens with one attached hydrogen (secondary N) is 1. The van der Waals surface area contributed by atoms with E-state index in [9.17, 15) is 13.2 Å². The normalized spacial score (nSPS) is 26.6. The van der Waals surface area contributed by atoms with Gasteiger partial charge in [-0.15, -0.1) is 0 Å². The van der Waals surface area contributed by atoms with Crippen molar-refractivity contribution < 1.29 is 17.9 Å². The lowest BCUT2D eigenvalue weighted by Crippen LogP contribution is -2.57. The van der Waals surface area contributed by atoms with Crippen molar-refractivity contribution in [2.45, 2.75) is 68.6 Å². The smallest absolute Gasteiger partial charge is 0.374 e. The molecule has 2 fully saturated rings. The molecule has 1 saturated heterocycles. The number of ether oxygens (including phenoxy) is 1. The fourth-order valence-corrected chi connectivity index (χ4v) is 5.69. The van der Waals surface area contributed by atoms with Crippen molar-refractivity contribution in [1.82, 2.24) is 19.4 Å². The lowest BCUT2D eigenvalue weighted by Gasteiger charge is -2.46. The Kier molecular flexibility index (Phi) is 8.51. The van der Waals surface area contributed by atoms with Crippen LogP contribution in [-0.4, -0.2) is 58.1 Å². The van der Waals surface area contributed by atoms with Crippen LogP contribution in [-0.2, 0) is 18.2 Å². The number of hydrogen-bond acceptors (Lipinski definition) is 5. The van der Waals surface area contributed by atoms with Gasteiger partial charge in [0.1, 0.15) is 0 Å². The first kappa shape index (κ1) is 25.8. The van der Waals surface area contributed by atoms with Crippen LogP contribution in [0.25, 0.3) is 0 Å². The molecular formula is C24H32ClF3N4OS. The molecule has 1 aliphatic carbocycles. The number of morpholine rings is 1. The fourth-order valence-electron chi connectivity index (χ4n) is 5.13. The van der Waals surface area contributed by atoms with E-state index in [1.807, 2.05) is 36.0 Å². The molecule has 1 saturated carbocycles. The Morgan fingerprint density at radius 1 is 1.18 bits per heavy atom. The van der Waals surface area contributed by atoms with Gasteiger partial charge >= 0.3 is 5.51 Å². The van der Waals surface area contributed by atoms with E-state index in [4.69, 9.17) is 16.3 Å². The monoisotopic (exact) mass is 516 g/mol. The summed E-state index contributed by atoms with van der Waals surface area (Å²) in [7, 11) is 1.98. The van der Waals surface area contributed by atoms with Crippen LogP contribution >= 0.6 is 23.5 Å². The van der Waals surface area contributed by atoms with Gasteiger partial charge in [0.05, 0.1) is 18.4 Å². The third-order valence-corrected chi connectivity index (χ3v) is 7.80. The highest BCUT2D eigenvalue weighted by Gasteiger charge is 2.37. The fraction of sp³-hybridized carbons (Fsp3) is 0.625. The first-order chi connectivity index (χ1) is 16.2. The van der Waals surface area contributed by atoms with Gasteiger partial charge in [0, 0.05) is 60.8 Å². The van der Waals surface area contributed by atoms with Crippen molar-refractivity contribution in [3.8, 4) is 0 Å². The number of hydrogen-bond donors (Lipinski definition) is 1. The Balaban J connectivity index is 1.40. The van der Waals surface area contributed by atoms with Crippen molar-refractivity contribution >= 4 is 23.5 Å². The van der Waals surface area contributed by atoms with Crippen molar-refractivity contribution in [2.75, 3.05) is 19.7 Å². The Hall–Kier alpha value is -1.26. The van der Waals surface area contributed by atoms with Crippen LogP contribution in [0.15, 0.2) is 30.3 Å². The van der Waals surface area contributed by atoms with Crippen molar-refractivity contribution in [3.63, 3.8) is 0 Å². The number of aromatic nitrogens is 2. The largest absolute Gasteiger partial charge is 0.456 e. The molecule has 2 heterocycles. The lowest BCUT2D eigenvalue weighted by molar-refractivity contribution is -0.0817. The van der Waals surface area contributed by atoms with Gasteiger partial charge in [-0.25, -0.2) is 0 Å². The van der Waals surface area contributed by atoms with E-state index in [1.54, 1.807) is 0 Å². The molecule has 1 N–H and O–H groups in total. The quantitative estimate of drug-likeness (QED) is 0.494. The van der Waals surface area contributed by atoms with Crippen LogP contribution in [0.4, 0.5) is 13.2 Å². The average Bonchev–Trinajstić information content (AvgIpc) is 3.14. The standard InChI is InChI=1S/C24H32ClF3N4OS/c1-16-11-23(30-31(16)2)18-5-9-20(10-6-18)32-14-22(13-29-34-24(26,27)28)33-15-21(32)12-17-3-7-19(25)8-4-17/h3-4,7-8,11,18,20-22,29H,5-6,9-10,12-15H2,1-2H3. The highest BCUT2D eigenvalue weighted by atomic mass is 35.5. The van der Waals surface area contributed by atoms with Gasteiger partial charge in [0.15, 0.2) is 0 Å². The third-order valence-electron chi connectivity index (χ3n) is 7.01. The maximum Gasteiger partial charge on any atom is 0.456 e. The molecule has 1 aromatic carbocycles. The van der Waals surface area contributed by atoms with Crippen LogP contribution in [0.5, 0.6) is 0 Å². The Morgan fingerprint density at radius 2 is 1.88 bits per heavy atom. The molecule has 0 bridgehead atoms. The second-order valence-electron chi connectivity index (χ2n) is 9.37. The van der Waals surface area contributed by atoms with Crippen molar-refractivity contribution in [1.29, 1.82) is 0 Å². The van der Waals surface area contributed by atoms with Crippen LogP contribution in [0.2, 0.25) is 5.02 Å². The molecule has 0 radical (unpaired) electrons. The van der Waals surface area contributed by atoms with E-state index < -0.39 is 5.51 Å². The predicted octanol–water partition coefficient (Wildman–Crippen LogP) is 5.48. The number of rotatable bonds is 7. The molecule has 2 unspecified atom stereocenters. The molecule has 0 spiro atoms. The molecule has 2 aromatic rings. The van der Waals surface area contributed by atoms with E-state index in [2.05, 4.69) is 27.7 Å². The minimum atomic E-state index is -4.30. The van der Waals surface area contributed by atoms with Gasteiger partial charge in [-0.3, -0.25) is 14.3 Å². The molecule has 1 aliphatic heterocycles. The van der Waals surface area contributed by atoms with Gasteiger partial charge in [-0.2, -0.15) is 18.3 Å². The lowest BCUT2D eigenvalue weighted by atomic mass is 9.82. The minimum absolute atomic E-state index is 0.164. The minimum Gasteiger partial charge on any atom is -0.374 e. The summed E-state index contributed by atoms with van der Waals surface area (Å²) >= 11 is 5.85. The second-order valence-corrected chi connectivity index (χ2v) is 10.8. The molecular weight excluding hydrogens is 485 g/mol. The first-order valence-corrected chi connectivity index (χ1v) is 13.0. The molecule has 10 heteroatoms. The van der Waals surface area contributed by atoms with Crippen molar-refractivity contribution in [3.05, 3.63) is 52.3 Å². The maximum absolute atomic E-state index is 12.5.